The van der Waals surface area contributed by atoms with Crippen LogP contribution in [0.1, 0.15) is 13.3 Å². The Balaban J connectivity index is 1.93. The highest BCUT2D eigenvalue weighted by Crippen LogP contribution is 2.12. The zero-order valence-corrected chi connectivity index (χ0v) is 13.1. The van der Waals surface area contributed by atoms with E-state index in [0.717, 1.165) is 7.11 Å². The van der Waals surface area contributed by atoms with E-state index in [1.807, 2.05) is 5.32 Å². The van der Waals surface area contributed by atoms with Gasteiger partial charge in [-0.1, -0.05) is 12.1 Å². The summed E-state index contributed by atoms with van der Waals surface area (Å²) in [6.45, 7) is 1.36. The van der Waals surface area contributed by atoms with Gasteiger partial charge < -0.3 is 13.9 Å². The van der Waals surface area contributed by atoms with Crippen molar-refractivity contribution in [3.05, 3.63) is 34.8 Å². The molecule has 1 N–H and O–H groups in total. The molecule has 0 saturated heterocycles. The molecule has 0 fully saturated rings. The van der Waals surface area contributed by atoms with Gasteiger partial charge in [0.25, 0.3) is 5.91 Å². The lowest BCUT2D eigenvalue weighted by Gasteiger charge is -2.12. The number of nitrogens with one attached hydrogen (secondary N) is 1. The Hall–Kier alpha value is -3.10. The van der Waals surface area contributed by atoms with Crippen molar-refractivity contribution in [2.45, 2.75) is 26.0 Å². The molecule has 0 spiro atoms. The number of carbonyl (C=O) groups excluding carboxylic acids is 3. The number of aryl methyl sites for hydroxylation is 1. The van der Waals surface area contributed by atoms with Gasteiger partial charge in [-0.3, -0.25) is 19.5 Å². The number of fused-ring (bicyclic) bond motifs is 1. The maximum absolute atomic E-state index is 11.8. The number of para-hydroxylation sites is 2. The molecule has 1 aromatic carbocycles. The number of imide groups is 1. The van der Waals surface area contributed by atoms with E-state index in [-0.39, 0.29) is 13.0 Å². The van der Waals surface area contributed by atoms with E-state index in [0.29, 0.717) is 11.1 Å². The second-order valence-corrected chi connectivity index (χ2v) is 4.85. The van der Waals surface area contributed by atoms with Crippen LogP contribution < -0.4 is 11.1 Å². The maximum Gasteiger partial charge on any atom is 0.419 e. The lowest BCUT2D eigenvalue weighted by Crippen LogP contribution is -2.39. The van der Waals surface area contributed by atoms with E-state index in [1.165, 1.54) is 11.5 Å². The molecule has 2 rings (SSSR count). The number of hydrogen-bond acceptors (Lipinski definition) is 7. The maximum atomic E-state index is 11.8. The highest BCUT2D eigenvalue weighted by Gasteiger charge is 2.20. The fourth-order valence-corrected chi connectivity index (χ4v) is 1.99. The number of ether oxygens (including phenoxy) is 2. The second-order valence-electron chi connectivity index (χ2n) is 4.85. The Morgan fingerprint density at radius 3 is 2.71 bits per heavy atom. The van der Waals surface area contributed by atoms with Crippen LogP contribution in [-0.2, 0) is 25.6 Å². The van der Waals surface area contributed by atoms with Crippen molar-refractivity contribution < 1.29 is 28.3 Å². The molecule has 9 heteroatoms. The van der Waals surface area contributed by atoms with Gasteiger partial charge in [0.15, 0.2) is 11.7 Å². The van der Waals surface area contributed by atoms with Crippen molar-refractivity contribution in [3.63, 3.8) is 0 Å². The van der Waals surface area contributed by atoms with Crippen molar-refractivity contribution in [2.24, 2.45) is 0 Å². The van der Waals surface area contributed by atoms with E-state index >= 15 is 0 Å². The number of esters is 1. The average molecular weight is 336 g/mol. The normalized spacial score (nSPS) is 11.8. The number of hydrogen-bond donors (Lipinski definition) is 1. The van der Waals surface area contributed by atoms with E-state index in [9.17, 15) is 19.2 Å². The van der Waals surface area contributed by atoms with Crippen molar-refractivity contribution in [1.29, 1.82) is 0 Å². The smallest absolute Gasteiger partial charge is 0.419 e. The summed E-state index contributed by atoms with van der Waals surface area (Å²) in [5.74, 6) is -2.08. The number of amides is 2. The minimum Gasteiger partial charge on any atom is -0.453 e. The van der Waals surface area contributed by atoms with Crippen LogP contribution in [-0.4, -0.2) is 35.8 Å². The highest BCUT2D eigenvalue weighted by molar-refractivity contribution is 5.94. The molecule has 9 nitrogen and oxygen atoms in total. The summed E-state index contributed by atoms with van der Waals surface area (Å²) < 4.78 is 15.5. The van der Waals surface area contributed by atoms with Gasteiger partial charge in [0, 0.05) is 6.54 Å². The van der Waals surface area contributed by atoms with Crippen LogP contribution in [0.3, 0.4) is 0 Å². The summed E-state index contributed by atoms with van der Waals surface area (Å²) in [4.78, 5) is 46.0. The molecule has 0 radical (unpaired) electrons. The Morgan fingerprint density at radius 2 is 2.00 bits per heavy atom. The Bertz CT molecular complexity index is 821. The Morgan fingerprint density at radius 1 is 1.29 bits per heavy atom. The van der Waals surface area contributed by atoms with Gasteiger partial charge in [0.2, 0.25) is 0 Å². The molecule has 1 heterocycles. The van der Waals surface area contributed by atoms with Crippen LogP contribution in [0, 0.1) is 0 Å². The molecule has 0 aliphatic carbocycles. The first-order valence-electron chi connectivity index (χ1n) is 7.09. The lowest BCUT2D eigenvalue weighted by molar-refractivity contribution is -0.154. The van der Waals surface area contributed by atoms with E-state index in [1.54, 1.807) is 24.3 Å². The van der Waals surface area contributed by atoms with Crippen LogP contribution in [0.15, 0.2) is 33.5 Å². The molecule has 0 saturated carbocycles. The number of carbonyl (C=O) groups is 3. The Labute approximate surface area is 136 Å². The number of methoxy groups -OCH3 is 1. The first-order chi connectivity index (χ1) is 11.4. The van der Waals surface area contributed by atoms with Crippen LogP contribution in [0.2, 0.25) is 0 Å². The molecule has 24 heavy (non-hydrogen) atoms. The van der Waals surface area contributed by atoms with Crippen LogP contribution in [0.4, 0.5) is 4.79 Å². The molecule has 1 aromatic heterocycles. The summed E-state index contributed by atoms with van der Waals surface area (Å²) in [6, 6.07) is 6.81. The first-order valence-corrected chi connectivity index (χ1v) is 7.09. The van der Waals surface area contributed by atoms with Crippen LogP contribution in [0.25, 0.3) is 11.1 Å². The van der Waals surface area contributed by atoms with Gasteiger partial charge in [-0.05, 0) is 19.1 Å². The van der Waals surface area contributed by atoms with Crippen LogP contribution >= 0.6 is 0 Å². The van der Waals surface area contributed by atoms with E-state index in [4.69, 9.17) is 9.15 Å². The van der Waals surface area contributed by atoms with Gasteiger partial charge in [0.05, 0.1) is 19.0 Å². The number of alkyl carbamates (subject to hydrolysis) is 1. The summed E-state index contributed by atoms with van der Waals surface area (Å²) in [5, 5.41) is 1.89. The SMILES string of the molecule is COC(=O)NC(=O)[C@@H](C)OC(=O)CCn1c(=O)oc2ccccc21. The lowest BCUT2D eigenvalue weighted by atomic mass is 10.3. The van der Waals surface area contributed by atoms with Gasteiger partial charge in [0.1, 0.15) is 0 Å². The Kier molecular flexibility index (Phi) is 5.35. The number of nitrogens with zero attached hydrogens (tertiary/aromatic N) is 1. The van der Waals surface area contributed by atoms with Gasteiger partial charge in [-0.25, -0.2) is 9.59 Å². The molecule has 2 aromatic rings. The van der Waals surface area contributed by atoms with Crippen molar-refractivity contribution in [3.8, 4) is 0 Å². The third-order valence-electron chi connectivity index (χ3n) is 3.20. The number of oxazole rings is 1. The topological polar surface area (TPSA) is 117 Å². The average Bonchev–Trinajstić information content (AvgIpc) is 2.87. The third kappa shape index (κ3) is 4.00. The molecule has 0 aliphatic heterocycles. The third-order valence-corrected chi connectivity index (χ3v) is 3.20. The minimum absolute atomic E-state index is 0.0417. The van der Waals surface area contributed by atoms with Gasteiger partial charge in [-0.2, -0.15) is 0 Å². The molecule has 128 valence electrons. The van der Waals surface area contributed by atoms with Crippen molar-refractivity contribution in [2.75, 3.05) is 7.11 Å². The standard InChI is InChI=1S/C15H16N2O7/c1-9(13(19)16-14(20)22-2)23-12(18)7-8-17-10-5-3-4-6-11(10)24-15(17)21/h3-6,9H,7-8H2,1-2H3,(H,16,19,20)/t9-/m1/s1. The highest BCUT2D eigenvalue weighted by atomic mass is 16.6. The minimum atomic E-state index is -1.17. The monoisotopic (exact) mass is 336 g/mol. The fraction of sp³-hybridized carbons (Fsp3) is 0.333. The van der Waals surface area contributed by atoms with Crippen molar-refractivity contribution in [1.82, 2.24) is 9.88 Å². The molecule has 0 bridgehead atoms. The molecule has 1 atom stereocenters. The summed E-state index contributed by atoms with van der Waals surface area (Å²) in [6.07, 6.45) is -2.26. The largest absolute Gasteiger partial charge is 0.453 e. The predicted octanol–water partition coefficient (Wildman–Crippen LogP) is 0.799. The molecule has 0 aliphatic rings. The van der Waals surface area contributed by atoms with Gasteiger partial charge in [-0.15, -0.1) is 0 Å². The second kappa shape index (κ2) is 7.44. The van der Waals surface area contributed by atoms with Crippen molar-refractivity contribution >= 4 is 29.1 Å². The first kappa shape index (κ1) is 17.3. The summed E-state index contributed by atoms with van der Waals surface area (Å²) in [5.41, 5.74) is 0.980. The number of rotatable bonds is 5. The molecular weight excluding hydrogens is 320 g/mol. The zero-order chi connectivity index (χ0) is 17.7. The van der Waals surface area contributed by atoms with E-state index < -0.39 is 29.8 Å². The van der Waals surface area contributed by atoms with Crippen LogP contribution in [0.5, 0.6) is 0 Å². The zero-order valence-electron chi connectivity index (χ0n) is 13.1. The summed E-state index contributed by atoms with van der Waals surface area (Å²) in [7, 11) is 1.10. The molecule has 0 unspecified atom stereocenters. The number of benzene rings is 1. The fourth-order valence-electron chi connectivity index (χ4n) is 1.99. The van der Waals surface area contributed by atoms with E-state index in [2.05, 4.69) is 4.74 Å². The van der Waals surface area contributed by atoms with Gasteiger partial charge >= 0.3 is 17.8 Å². The number of aromatic nitrogens is 1. The molecular formula is C15H16N2O7. The molecule has 2 amide bonds. The summed E-state index contributed by atoms with van der Waals surface area (Å²) >= 11 is 0. The quantitative estimate of drug-likeness (QED) is 0.802. The predicted molar refractivity (Wildman–Crippen MR) is 81.2 cm³/mol.